The van der Waals surface area contributed by atoms with E-state index < -0.39 is 36.6 Å². The van der Waals surface area contributed by atoms with Crippen molar-refractivity contribution in [1.82, 2.24) is 5.32 Å². The molecule has 2 atom stereocenters. The summed E-state index contributed by atoms with van der Waals surface area (Å²) in [5.74, 6) is -0.970. The Kier molecular flexibility index (Phi) is 18.4. The van der Waals surface area contributed by atoms with Crippen LogP contribution in [0.15, 0.2) is 18.2 Å². The van der Waals surface area contributed by atoms with Crippen molar-refractivity contribution < 1.29 is 52.7 Å². The third kappa shape index (κ3) is 16.7. The molecule has 1 aromatic carbocycles. The smallest absolute Gasteiger partial charge is 0.480 e. The van der Waals surface area contributed by atoms with E-state index >= 15 is 0 Å². The standard InChI is InChI=1S/C30H47NO11/c1-6-8-10-15-37-29(35)41-25-13-12-23(19-26(25)42-30(36)38-16-11-9-7-2)18-24(27(32)33)31-20-22(5)40-28(34)39-17-14-21(3)4/h12-13,19,21-22,24,31H,6-11,14-18,20H2,1-5H3,(H,32,33)/t22?,24-/m0/s1. The van der Waals surface area contributed by atoms with E-state index in [9.17, 15) is 24.3 Å². The minimum atomic E-state index is -1.14. The topological polar surface area (TPSA) is 156 Å². The van der Waals surface area contributed by atoms with Crippen LogP contribution in [0.3, 0.4) is 0 Å². The van der Waals surface area contributed by atoms with Gasteiger partial charge in [-0.1, -0.05) is 59.4 Å². The summed E-state index contributed by atoms with van der Waals surface area (Å²) in [6, 6.07) is 3.26. The molecule has 0 aromatic heterocycles. The first-order valence-corrected chi connectivity index (χ1v) is 14.7. The van der Waals surface area contributed by atoms with E-state index in [1.54, 1.807) is 13.0 Å². The Morgan fingerprint density at radius 1 is 0.786 bits per heavy atom. The molecule has 0 bridgehead atoms. The van der Waals surface area contributed by atoms with E-state index in [1.807, 2.05) is 27.7 Å². The van der Waals surface area contributed by atoms with E-state index in [0.717, 1.165) is 25.7 Å². The largest absolute Gasteiger partial charge is 0.513 e. The average Bonchev–Trinajstić information content (AvgIpc) is 2.92. The van der Waals surface area contributed by atoms with Gasteiger partial charge in [-0.2, -0.15) is 0 Å². The van der Waals surface area contributed by atoms with Gasteiger partial charge in [0.05, 0.1) is 19.8 Å². The monoisotopic (exact) mass is 597 g/mol. The van der Waals surface area contributed by atoms with Gasteiger partial charge < -0.3 is 38.8 Å². The fourth-order valence-corrected chi connectivity index (χ4v) is 3.51. The zero-order valence-electron chi connectivity index (χ0n) is 25.5. The number of rotatable bonds is 20. The van der Waals surface area contributed by atoms with Gasteiger partial charge in [-0.3, -0.25) is 4.79 Å². The first-order chi connectivity index (χ1) is 20.0. The highest BCUT2D eigenvalue weighted by molar-refractivity contribution is 5.74. The maximum Gasteiger partial charge on any atom is 0.513 e. The van der Waals surface area contributed by atoms with Crippen LogP contribution in [0, 0.1) is 5.92 Å². The molecule has 1 rings (SSSR count). The minimum absolute atomic E-state index is 0.0233. The molecule has 12 heteroatoms. The quantitative estimate of drug-likeness (QED) is 0.0752. The molecule has 0 saturated heterocycles. The van der Waals surface area contributed by atoms with Crippen molar-refractivity contribution in [3.8, 4) is 11.5 Å². The van der Waals surface area contributed by atoms with Gasteiger partial charge in [0, 0.05) is 6.54 Å². The summed E-state index contributed by atoms with van der Waals surface area (Å²) in [6.07, 6.45) is 2.31. The second kappa shape index (κ2) is 21.2. The Hall–Kier alpha value is -3.54. The van der Waals surface area contributed by atoms with Crippen LogP contribution in [-0.4, -0.2) is 68.1 Å². The van der Waals surface area contributed by atoms with Crippen LogP contribution in [0.25, 0.3) is 0 Å². The molecule has 0 aliphatic carbocycles. The second-order valence-corrected chi connectivity index (χ2v) is 10.3. The van der Waals surface area contributed by atoms with Crippen LogP contribution in [0.1, 0.15) is 85.1 Å². The predicted molar refractivity (Wildman–Crippen MR) is 154 cm³/mol. The van der Waals surface area contributed by atoms with E-state index in [4.69, 9.17) is 28.4 Å². The minimum Gasteiger partial charge on any atom is -0.480 e. The number of unbranched alkanes of at least 4 members (excludes halogenated alkanes) is 4. The van der Waals surface area contributed by atoms with Crippen LogP contribution in [-0.2, 0) is 30.2 Å². The molecule has 42 heavy (non-hydrogen) atoms. The van der Waals surface area contributed by atoms with E-state index in [-0.39, 0.29) is 44.3 Å². The molecule has 0 heterocycles. The normalized spacial score (nSPS) is 12.2. The van der Waals surface area contributed by atoms with Crippen molar-refractivity contribution >= 4 is 24.4 Å². The lowest BCUT2D eigenvalue weighted by Gasteiger charge is -2.19. The third-order valence-electron chi connectivity index (χ3n) is 5.93. The number of hydrogen-bond donors (Lipinski definition) is 2. The number of nitrogens with one attached hydrogen (secondary N) is 1. The fourth-order valence-electron chi connectivity index (χ4n) is 3.51. The molecule has 0 saturated carbocycles. The Morgan fingerprint density at radius 2 is 1.36 bits per heavy atom. The first-order valence-electron chi connectivity index (χ1n) is 14.7. The van der Waals surface area contributed by atoms with Gasteiger partial charge in [-0.15, -0.1) is 0 Å². The van der Waals surface area contributed by atoms with Gasteiger partial charge in [-0.05, 0) is 56.2 Å². The van der Waals surface area contributed by atoms with Crippen molar-refractivity contribution in [1.29, 1.82) is 0 Å². The summed E-state index contributed by atoms with van der Waals surface area (Å²) in [5.41, 5.74) is 0.467. The summed E-state index contributed by atoms with van der Waals surface area (Å²) in [6.45, 7) is 10.3. The molecule has 0 fully saturated rings. The van der Waals surface area contributed by atoms with Crippen LogP contribution >= 0.6 is 0 Å². The van der Waals surface area contributed by atoms with Gasteiger partial charge in [0.15, 0.2) is 11.5 Å². The van der Waals surface area contributed by atoms with Gasteiger partial charge in [0.1, 0.15) is 12.1 Å². The molecule has 0 radical (unpaired) electrons. The van der Waals surface area contributed by atoms with Crippen LogP contribution < -0.4 is 14.8 Å². The molecular weight excluding hydrogens is 550 g/mol. The molecule has 1 unspecified atom stereocenters. The van der Waals surface area contributed by atoms with E-state index in [0.29, 0.717) is 30.7 Å². The average molecular weight is 598 g/mol. The highest BCUT2D eigenvalue weighted by Gasteiger charge is 2.22. The van der Waals surface area contributed by atoms with Crippen molar-refractivity contribution in [2.45, 2.75) is 98.1 Å². The molecule has 0 spiro atoms. The zero-order valence-corrected chi connectivity index (χ0v) is 25.5. The van der Waals surface area contributed by atoms with Crippen LogP contribution in [0.5, 0.6) is 11.5 Å². The van der Waals surface area contributed by atoms with E-state index in [2.05, 4.69) is 5.32 Å². The van der Waals surface area contributed by atoms with E-state index in [1.165, 1.54) is 12.1 Å². The maximum absolute atomic E-state index is 12.3. The summed E-state index contributed by atoms with van der Waals surface area (Å²) in [4.78, 5) is 48.3. The first kappa shape index (κ1) is 36.5. The highest BCUT2D eigenvalue weighted by atomic mass is 16.7. The maximum atomic E-state index is 12.3. The second-order valence-electron chi connectivity index (χ2n) is 10.3. The molecule has 0 aliphatic rings. The lowest BCUT2D eigenvalue weighted by Crippen LogP contribution is -2.42. The van der Waals surface area contributed by atoms with Crippen LogP contribution in [0.4, 0.5) is 14.4 Å². The van der Waals surface area contributed by atoms with Gasteiger partial charge in [0.2, 0.25) is 0 Å². The van der Waals surface area contributed by atoms with Crippen LogP contribution in [0.2, 0.25) is 0 Å². The number of carbonyl (C=O) groups excluding carboxylic acids is 3. The molecule has 1 aromatic rings. The van der Waals surface area contributed by atoms with Gasteiger partial charge in [-0.25, -0.2) is 14.4 Å². The Balaban J connectivity index is 2.88. The number of carboxylic acid groups (broad SMARTS) is 1. The number of carboxylic acids is 1. The summed E-state index contributed by atoms with van der Waals surface area (Å²) in [5, 5.41) is 12.6. The number of aliphatic carboxylic acids is 1. The predicted octanol–water partition coefficient (Wildman–Crippen LogP) is 6.27. The number of benzene rings is 1. The van der Waals surface area contributed by atoms with Crippen molar-refractivity contribution in [3.63, 3.8) is 0 Å². The summed E-state index contributed by atoms with van der Waals surface area (Å²) in [7, 11) is 0. The lowest BCUT2D eigenvalue weighted by molar-refractivity contribution is -0.139. The van der Waals surface area contributed by atoms with Gasteiger partial charge in [0.25, 0.3) is 0 Å². The molecule has 2 N–H and O–H groups in total. The Bertz CT molecular complexity index is 967. The Labute approximate surface area is 248 Å². The zero-order chi connectivity index (χ0) is 31.3. The molecule has 238 valence electrons. The fraction of sp³-hybridized carbons (Fsp3) is 0.667. The van der Waals surface area contributed by atoms with Crippen molar-refractivity contribution in [2.75, 3.05) is 26.4 Å². The Morgan fingerprint density at radius 3 is 1.90 bits per heavy atom. The lowest BCUT2D eigenvalue weighted by atomic mass is 10.0. The van der Waals surface area contributed by atoms with Crippen molar-refractivity contribution in [2.24, 2.45) is 5.92 Å². The van der Waals surface area contributed by atoms with Crippen molar-refractivity contribution in [3.05, 3.63) is 23.8 Å². The molecule has 0 amide bonds. The molecular formula is C30H47NO11. The highest BCUT2D eigenvalue weighted by Crippen LogP contribution is 2.30. The molecule has 12 nitrogen and oxygen atoms in total. The summed E-state index contributed by atoms with van der Waals surface area (Å²) >= 11 is 0. The SMILES string of the molecule is CCCCCOC(=O)Oc1ccc(C[C@H](NCC(C)OC(=O)OCCC(C)C)C(=O)O)cc1OC(=O)OCCCCC. The number of ether oxygens (including phenoxy) is 6. The molecule has 0 aliphatic heterocycles. The number of carbonyl (C=O) groups is 4. The summed E-state index contributed by atoms with van der Waals surface area (Å²) < 4.78 is 30.9. The number of hydrogen-bond acceptors (Lipinski definition) is 11. The van der Waals surface area contributed by atoms with Gasteiger partial charge >= 0.3 is 24.4 Å². The third-order valence-corrected chi connectivity index (χ3v) is 5.93.